The van der Waals surface area contributed by atoms with Gasteiger partial charge in [-0.05, 0) is 97.7 Å². The molecule has 0 fully saturated rings. The number of aliphatic hydroxyl groups excluding tert-OH is 1. The Bertz CT molecular complexity index is 1250. The minimum absolute atomic E-state index is 0.0818. The molecule has 3 nitrogen and oxygen atoms in total. The molecule has 7 heteroatoms. The fraction of sp³-hybridized carbons (Fsp3) is 0.273. The highest BCUT2D eigenvalue weighted by atomic mass is 19.1. The third-order valence-electron chi connectivity index (χ3n) is 6.78. The van der Waals surface area contributed by atoms with Crippen molar-refractivity contribution in [2.75, 3.05) is 19.8 Å². The van der Waals surface area contributed by atoms with Crippen molar-refractivity contribution < 1.29 is 32.1 Å². The van der Waals surface area contributed by atoms with Crippen molar-refractivity contribution in [1.29, 1.82) is 0 Å². The zero-order chi connectivity index (χ0) is 28.3. The van der Waals surface area contributed by atoms with Crippen LogP contribution in [0.1, 0.15) is 32.1 Å². The molecule has 0 aliphatic heterocycles. The maximum absolute atomic E-state index is 14.6. The van der Waals surface area contributed by atoms with E-state index in [0.717, 1.165) is 25.7 Å². The van der Waals surface area contributed by atoms with Crippen LogP contribution < -0.4 is 9.47 Å². The van der Waals surface area contributed by atoms with E-state index in [1.807, 2.05) is 0 Å². The van der Waals surface area contributed by atoms with Crippen molar-refractivity contribution in [3.05, 3.63) is 108 Å². The predicted octanol–water partition coefficient (Wildman–Crippen LogP) is 8.59. The molecule has 0 heterocycles. The van der Waals surface area contributed by atoms with Crippen molar-refractivity contribution in [3.63, 3.8) is 0 Å². The number of rotatable bonds is 14. The second-order valence-corrected chi connectivity index (χ2v) is 9.66. The van der Waals surface area contributed by atoms with Crippen molar-refractivity contribution in [3.8, 4) is 33.8 Å². The molecule has 210 valence electrons. The molecular formula is C33H32F4O3. The van der Waals surface area contributed by atoms with Crippen molar-refractivity contribution >= 4 is 0 Å². The number of hydrogen-bond acceptors (Lipinski definition) is 3. The van der Waals surface area contributed by atoms with Gasteiger partial charge in [-0.2, -0.15) is 0 Å². The van der Waals surface area contributed by atoms with Crippen LogP contribution in [-0.4, -0.2) is 24.9 Å². The van der Waals surface area contributed by atoms with Crippen LogP contribution in [0.25, 0.3) is 22.3 Å². The summed E-state index contributed by atoms with van der Waals surface area (Å²) in [6, 6.07) is 20.6. The van der Waals surface area contributed by atoms with E-state index in [-0.39, 0.29) is 24.2 Å². The number of benzene rings is 4. The van der Waals surface area contributed by atoms with E-state index in [1.165, 1.54) is 60.7 Å². The quantitative estimate of drug-likeness (QED) is 0.126. The second kappa shape index (κ2) is 14.5. The van der Waals surface area contributed by atoms with Crippen molar-refractivity contribution in [2.45, 2.75) is 32.1 Å². The van der Waals surface area contributed by atoms with Crippen LogP contribution in [0, 0.1) is 29.2 Å². The average Bonchev–Trinajstić information content (AvgIpc) is 2.95. The highest BCUT2D eigenvalue weighted by Gasteiger charge is 2.11. The first kappa shape index (κ1) is 29.2. The molecule has 0 saturated carbocycles. The fourth-order valence-electron chi connectivity index (χ4n) is 4.64. The lowest BCUT2D eigenvalue weighted by Crippen LogP contribution is -2.09. The summed E-state index contributed by atoms with van der Waals surface area (Å²) in [7, 11) is 0. The molecule has 4 aromatic carbocycles. The second-order valence-electron chi connectivity index (χ2n) is 9.66. The normalized spacial score (nSPS) is 11.2. The van der Waals surface area contributed by atoms with Gasteiger partial charge in [-0.3, -0.25) is 0 Å². The highest BCUT2D eigenvalue weighted by Crippen LogP contribution is 2.28. The summed E-state index contributed by atoms with van der Waals surface area (Å²) in [6.45, 7) is 0.902. The zero-order valence-corrected chi connectivity index (χ0v) is 22.1. The fourth-order valence-corrected chi connectivity index (χ4v) is 4.64. The Morgan fingerprint density at radius 3 is 1.35 bits per heavy atom. The Hall–Kier alpha value is -3.84. The standard InChI is InChI=1S/C33H32F4O3/c34-26-9-5-24(6-10-26)30-15-13-28(21-32(30)36)39-19-1-3-23(17-18-38)4-2-20-40-29-14-16-31(33(37)22-29)25-7-11-27(35)12-8-25/h5-16,21-23,38H,1-4,17-20H2. The molecule has 0 bridgehead atoms. The maximum atomic E-state index is 14.6. The molecule has 40 heavy (non-hydrogen) atoms. The topological polar surface area (TPSA) is 38.7 Å². The molecule has 0 atom stereocenters. The molecule has 0 aromatic heterocycles. The third kappa shape index (κ3) is 8.33. The minimum Gasteiger partial charge on any atom is -0.493 e. The van der Waals surface area contributed by atoms with Gasteiger partial charge in [0.1, 0.15) is 34.8 Å². The van der Waals surface area contributed by atoms with Gasteiger partial charge >= 0.3 is 0 Å². The van der Waals surface area contributed by atoms with Crippen LogP contribution in [0.5, 0.6) is 11.5 Å². The van der Waals surface area contributed by atoms with E-state index < -0.39 is 11.6 Å². The molecule has 0 radical (unpaired) electrons. The zero-order valence-electron chi connectivity index (χ0n) is 22.1. The summed E-state index contributed by atoms with van der Waals surface area (Å²) < 4.78 is 66.8. The van der Waals surface area contributed by atoms with E-state index in [9.17, 15) is 22.7 Å². The van der Waals surface area contributed by atoms with Gasteiger partial charge in [0.15, 0.2) is 0 Å². The summed E-state index contributed by atoms with van der Waals surface area (Å²) in [6.07, 6.45) is 3.79. The maximum Gasteiger partial charge on any atom is 0.134 e. The largest absolute Gasteiger partial charge is 0.493 e. The first-order valence-electron chi connectivity index (χ1n) is 13.4. The third-order valence-corrected chi connectivity index (χ3v) is 6.78. The van der Waals surface area contributed by atoms with E-state index >= 15 is 0 Å². The Balaban J connectivity index is 1.18. The molecule has 0 saturated heterocycles. The van der Waals surface area contributed by atoms with E-state index in [2.05, 4.69) is 0 Å². The summed E-state index contributed by atoms with van der Waals surface area (Å²) in [5.41, 5.74) is 1.94. The van der Waals surface area contributed by atoms with Crippen LogP contribution in [0.2, 0.25) is 0 Å². The van der Waals surface area contributed by atoms with Crippen molar-refractivity contribution in [2.24, 2.45) is 5.92 Å². The number of ether oxygens (including phenoxy) is 2. The number of hydrogen-bond donors (Lipinski definition) is 1. The van der Waals surface area contributed by atoms with Crippen LogP contribution in [-0.2, 0) is 0 Å². The van der Waals surface area contributed by atoms with Gasteiger partial charge in [0.05, 0.1) is 13.2 Å². The lowest BCUT2D eigenvalue weighted by molar-refractivity contribution is 0.220. The lowest BCUT2D eigenvalue weighted by Gasteiger charge is -2.16. The summed E-state index contributed by atoms with van der Waals surface area (Å²) >= 11 is 0. The van der Waals surface area contributed by atoms with E-state index in [4.69, 9.17) is 9.47 Å². The minimum atomic E-state index is -0.438. The van der Waals surface area contributed by atoms with E-state index in [0.29, 0.717) is 53.4 Å². The summed E-state index contributed by atoms with van der Waals surface area (Å²) in [5.74, 6) is -0.505. The average molecular weight is 553 g/mol. The van der Waals surface area contributed by atoms with Gasteiger partial charge in [-0.25, -0.2) is 17.6 Å². The SMILES string of the molecule is OCCC(CCCOc1ccc(-c2ccc(F)cc2)c(F)c1)CCCOc1ccc(-c2ccc(F)cc2)c(F)c1. The van der Waals surface area contributed by atoms with Gasteiger partial charge in [0.2, 0.25) is 0 Å². The Morgan fingerprint density at radius 2 is 0.975 bits per heavy atom. The van der Waals surface area contributed by atoms with Gasteiger partial charge in [0, 0.05) is 29.9 Å². The molecule has 0 amide bonds. The Labute approximate surface area is 232 Å². The smallest absolute Gasteiger partial charge is 0.134 e. The molecule has 0 unspecified atom stereocenters. The van der Waals surface area contributed by atoms with Crippen LogP contribution in [0.3, 0.4) is 0 Å². The Kier molecular flexibility index (Phi) is 10.6. The predicted molar refractivity (Wildman–Crippen MR) is 148 cm³/mol. The molecule has 0 aliphatic rings. The van der Waals surface area contributed by atoms with Crippen LogP contribution in [0.15, 0.2) is 84.9 Å². The lowest BCUT2D eigenvalue weighted by atomic mass is 9.95. The highest BCUT2D eigenvalue weighted by molar-refractivity contribution is 5.65. The Morgan fingerprint density at radius 1 is 0.550 bits per heavy atom. The summed E-state index contributed by atoms with van der Waals surface area (Å²) in [5, 5.41) is 9.45. The molecule has 0 aliphatic carbocycles. The van der Waals surface area contributed by atoms with E-state index in [1.54, 1.807) is 24.3 Å². The molecule has 4 aromatic rings. The van der Waals surface area contributed by atoms with Gasteiger partial charge in [-0.15, -0.1) is 0 Å². The first-order chi connectivity index (χ1) is 19.4. The number of halogens is 4. The van der Waals surface area contributed by atoms with Gasteiger partial charge < -0.3 is 14.6 Å². The van der Waals surface area contributed by atoms with Crippen molar-refractivity contribution in [1.82, 2.24) is 0 Å². The molecular weight excluding hydrogens is 520 g/mol. The summed E-state index contributed by atoms with van der Waals surface area (Å²) in [4.78, 5) is 0. The van der Waals surface area contributed by atoms with Gasteiger partial charge in [0.25, 0.3) is 0 Å². The first-order valence-corrected chi connectivity index (χ1v) is 13.4. The number of aliphatic hydroxyl groups is 1. The van der Waals surface area contributed by atoms with Crippen LogP contribution >= 0.6 is 0 Å². The molecule has 0 spiro atoms. The molecule has 1 N–H and O–H groups in total. The van der Waals surface area contributed by atoms with Gasteiger partial charge in [-0.1, -0.05) is 24.3 Å². The molecule has 4 rings (SSSR count). The monoisotopic (exact) mass is 552 g/mol. The van der Waals surface area contributed by atoms with Crippen LogP contribution in [0.4, 0.5) is 17.6 Å².